The van der Waals surface area contributed by atoms with E-state index in [0.29, 0.717) is 33.6 Å². The first kappa shape index (κ1) is 31.5. The molecule has 0 saturated heterocycles. The first-order valence-electron chi connectivity index (χ1n) is 14.1. The van der Waals surface area contributed by atoms with Crippen molar-refractivity contribution in [2.45, 2.75) is 64.3 Å². The van der Waals surface area contributed by atoms with E-state index in [0.717, 1.165) is 5.56 Å². The number of aliphatic carboxylic acids is 1. The van der Waals surface area contributed by atoms with Crippen LogP contribution in [0.25, 0.3) is 22.3 Å². The normalized spacial score (nSPS) is 12.7. The molecule has 10 heteroatoms. The van der Waals surface area contributed by atoms with Crippen molar-refractivity contribution in [3.63, 3.8) is 0 Å². The number of hydrogen-bond acceptors (Lipinski definition) is 6. The van der Waals surface area contributed by atoms with Crippen molar-refractivity contribution >= 4 is 11.9 Å². The molecule has 0 fully saturated rings. The molecule has 0 bridgehead atoms. The highest BCUT2D eigenvalue weighted by Crippen LogP contribution is 2.42. The molecule has 43 heavy (non-hydrogen) atoms. The zero-order valence-electron chi connectivity index (χ0n) is 24.0. The highest BCUT2D eigenvalue weighted by molar-refractivity contribution is 6.05. The summed E-state index contributed by atoms with van der Waals surface area (Å²) >= 11 is 0. The minimum atomic E-state index is -1.42. The number of carboxylic acid groups (broad SMARTS) is 1. The fraction of sp³-hybridized carbons (Fsp3) is 0.303. The summed E-state index contributed by atoms with van der Waals surface area (Å²) in [7, 11) is 0. The summed E-state index contributed by atoms with van der Waals surface area (Å²) in [6.07, 6.45) is 0.536. The third-order valence-corrected chi connectivity index (χ3v) is 7.14. The molecule has 0 aliphatic heterocycles. The SMILES string of the molecule is CC(C)n1c(CC[C@@H](O)C[C@@H](O)CC(=O)[O-])c(-c2ccc(F)cc2)c(-c2ccc(F)cc2)c1C(=O)NCc1cccnc1. The average molecular weight is 591 g/mol. The molecule has 2 atom stereocenters. The third-order valence-electron chi connectivity index (χ3n) is 7.14. The van der Waals surface area contributed by atoms with Gasteiger partial charge in [0.2, 0.25) is 0 Å². The van der Waals surface area contributed by atoms with Crippen LogP contribution in [0.4, 0.5) is 8.78 Å². The largest absolute Gasteiger partial charge is 0.550 e. The number of carbonyl (C=O) groups is 2. The second-order valence-corrected chi connectivity index (χ2v) is 10.7. The molecule has 2 heterocycles. The maximum atomic E-state index is 14.0. The standard InChI is InChI=1S/C33H35F2N3O5/c1-20(2)38-28(14-13-26(39)16-27(40)17-29(41)42)30(22-5-9-24(34)10-6-22)31(23-7-11-25(35)12-8-23)32(38)33(43)37-19-21-4-3-15-36-18-21/h3-12,15,18,20,26-27,39-40H,13-14,16-17,19H2,1-2H3,(H,37,43)(H,41,42)/p-1/t26-,27-/m1/s1. The van der Waals surface area contributed by atoms with E-state index in [2.05, 4.69) is 10.3 Å². The average Bonchev–Trinajstić information content (AvgIpc) is 3.31. The lowest BCUT2D eigenvalue weighted by atomic mass is 9.92. The summed E-state index contributed by atoms with van der Waals surface area (Å²) in [5.41, 5.74) is 4.09. The van der Waals surface area contributed by atoms with Crippen LogP contribution in [0.1, 0.15) is 60.9 Å². The predicted molar refractivity (Wildman–Crippen MR) is 156 cm³/mol. The molecule has 0 unspecified atom stereocenters. The number of benzene rings is 2. The number of carboxylic acids is 1. The Morgan fingerprint density at radius 3 is 2.07 bits per heavy atom. The number of carbonyl (C=O) groups excluding carboxylic acids is 2. The van der Waals surface area contributed by atoms with Crippen molar-refractivity contribution in [2.24, 2.45) is 0 Å². The van der Waals surface area contributed by atoms with Crippen LogP contribution in [0.5, 0.6) is 0 Å². The minimum Gasteiger partial charge on any atom is -0.550 e. The Hall–Kier alpha value is -4.41. The van der Waals surface area contributed by atoms with E-state index < -0.39 is 42.1 Å². The number of rotatable bonds is 13. The quantitative estimate of drug-likeness (QED) is 0.214. The molecule has 2 aromatic heterocycles. The van der Waals surface area contributed by atoms with Gasteiger partial charge in [-0.25, -0.2) is 8.78 Å². The van der Waals surface area contributed by atoms with Gasteiger partial charge in [-0.1, -0.05) is 30.3 Å². The van der Waals surface area contributed by atoms with E-state index in [1.165, 1.54) is 24.3 Å². The van der Waals surface area contributed by atoms with Crippen LogP contribution in [0.3, 0.4) is 0 Å². The fourth-order valence-electron chi connectivity index (χ4n) is 5.28. The highest BCUT2D eigenvalue weighted by atomic mass is 19.1. The first-order valence-corrected chi connectivity index (χ1v) is 14.1. The lowest BCUT2D eigenvalue weighted by Gasteiger charge is -2.20. The van der Waals surface area contributed by atoms with Gasteiger partial charge < -0.3 is 30.0 Å². The third kappa shape index (κ3) is 7.91. The van der Waals surface area contributed by atoms with Gasteiger partial charge in [-0.2, -0.15) is 0 Å². The number of aliphatic hydroxyl groups excluding tert-OH is 2. The van der Waals surface area contributed by atoms with Crippen LogP contribution >= 0.6 is 0 Å². The monoisotopic (exact) mass is 590 g/mol. The molecule has 4 rings (SSSR count). The summed E-state index contributed by atoms with van der Waals surface area (Å²) in [6, 6.07) is 14.9. The Labute approximate surface area is 248 Å². The Kier molecular flexibility index (Phi) is 10.4. The number of nitrogens with zero attached hydrogens (tertiary/aromatic N) is 2. The Bertz CT molecular complexity index is 1540. The molecule has 0 aliphatic carbocycles. The number of halogens is 2. The Balaban J connectivity index is 1.87. The number of hydrogen-bond donors (Lipinski definition) is 3. The van der Waals surface area contributed by atoms with Crippen LogP contribution in [0.2, 0.25) is 0 Å². The molecule has 0 saturated carbocycles. The van der Waals surface area contributed by atoms with Crippen molar-refractivity contribution in [2.75, 3.05) is 0 Å². The molecule has 3 N–H and O–H groups in total. The van der Waals surface area contributed by atoms with E-state index >= 15 is 0 Å². The van der Waals surface area contributed by atoms with Gasteiger partial charge in [-0.05, 0) is 80.1 Å². The van der Waals surface area contributed by atoms with Crippen LogP contribution < -0.4 is 10.4 Å². The number of pyridine rings is 1. The fourth-order valence-corrected chi connectivity index (χ4v) is 5.28. The zero-order valence-corrected chi connectivity index (χ0v) is 24.0. The number of nitrogens with one attached hydrogen (secondary N) is 1. The first-order chi connectivity index (χ1) is 20.5. The number of aromatic nitrogens is 2. The molecule has 0 aliphatic rings. The van der Waals surface area contributed by atoms with Crippen LogP contribution in [0.15, 0.2) is 73.1 Å². The van der Waals surface area contributed by atoms with E-state index in [4.69, 9.17) is 0 Å². The van der Waals surface area contributed by atoms with Gasteiger partial charge in [0.1, 0.15) is 17.3 Å². The molecular weight excluding hydrogens is 556 g/mol. The van der Waals surface area contributed by atoms with E-state index in [1.807, 2.05) is 24.5 Å². The van der Waals surface area contributed by atoms with Gasteiger partial charge in [-0.15, -0.1) is 0 Å². The van der Waals surface area contributed by atoms with E-state index in [9.17, 15) is 33.7 Å². The molecule has 0 radical (unpaired) electrons. The van der Waals surface area contributed by atoms with Crippen molar-refractivity contribution < 1.29 is 33.7 Å². The maximum Gasteiger partial charge on any atom is 0.268 e. The summed E-state index contributed by atoms with van der Waals surface area (Å²) in [5, 5.41) is 34.6. The maximum absolute atomic E-state index is 14.0. The molecule has 2 aromatic carbocycles. The summed E-state index contributed by atoms with van der Waals surface area (Å²) in [6.45, 7) is 4.02. The zero-order chi connectivity index (χ0) is 31.1. The van der Waals surface area contributed by atoms with Crippen molar-refractivity contribution in [3.8, 4) is 22.3 Å². The number of aliphatic hydroxyl groups is 2. The van der Waals surface area contributed by atoms with Crippen LogP contribution in [-0.4, -0.2) is 43.8 Å². The summed E-state index contributed by atoms with van der Waals surface area (Å²) in [4.78, 5) is 29.0. The molecule has 4 aromatic rings. The number of amides is 1. The lowest BCUT2D eigenvalue weighted by molar-refractivity contribution is -0.307. The van der Waals surface area contributed by atoms with E-state index in [-0.39, 0.29) is 31.8 Å². The molecule has 226 valence electrons. The summed E-state index contributed by atoms with van der Waals surface area (Å²) < 4.78 is 29.9. The minimum absolute atomic E-state index is 0.134. The van der Waals surface area contributed by atoms with Gasteiger partial charge in [0, 0.05) is 54.2 Å². The smallest absolute Gasteiger partial charge is 0.268 e. The topological polar surface area (TPSA) is 128 Å². The van der Waals surface area contributed by atoms with Crippen LogP contribution in [-0.2, 0) is 17.8 Å². The molecule has 1 amide bonds. The second kappa shape index (κ2) is 14.2. The predicted octanol–water partition coefficient (Wildman–Crippen LogP) is 4.19. The van der Waals surface area contributed by atoms with Crippen LogP contribution in [0, 0.1) is 11.6 Å². The van der Waals surface area contributed by atoms with Crippen molar-refractivity contribution in [1.82, 2.24) is 14.9 Å². The van der Waals surface area contributed by atoms with Gasteiger partial charge in [-0.3, -0.25) is 9.78 Å². The second-order valence-electron chi connectivity index (χ2n) is 10.7. The van der Waals surface area contributed by atoms with Gasteiger partial charge in [0.05, 0.1) is 12.2 Å². The van der Waals surface area contributed by atoms with Gasteiger partial charge in [0.25, 0.3) is 5.91 Å². The molecule has 8 nitrogen and oxygen atoms in total. The Morgan fingerprint density at radius 1 is 0.930 bits per heavy atom. The van der Waals surface area contributed by atoms with Gasteiger partial charge in [0.15, 0.2) is 0 Å². The summed E-state index contributed by atoms with van der Waals surface area (Å²) in [5.74, 6) is -2.70. The van der Waals surface area contributed by atoms with Crippen molar-refractivity contribution in [1.29, 1.82) is 0 Å². The molecule has 0 spiro atoms. The Morgan fingerprint density at radius 2 is 1.53 bits per heavy atom. The lowest BCUT2D eigenvalue weighted by Crippen LogP contribution is -2.29. The van der Waals surface area contributed by atoms with Gasteiger partial charge >= 0.3 is 0 Å². The van der Waals surface area contributed by atoms with E-state index in [1.54, 1.807) is 42.7 Å². The molecular formula is C33H34F2N3O5-. The highest BCUT2D eigenvalue weighted by Gasteiger charge is 2.30. The van der Waals surface area contributed by atoms with Crippen molar-refractivity contribution in [3.05, 3.63) is 102 Å².